The standard InChI is InChI=1S/C21H24N2O3S/c1-15-4-2-10-22(12-15)20(25)16-6-8-17(9-7-16)21-23(19(24)14-27-21)13-18-5-3-11-26-18/h3,5-9,11,15,21H,2,4,10,12-14H2,1H3/t15-,21-/m1/s1. The molecule has 27 heavy (non-hydrogen) atoms. The lowest BCUT2D eigenvalue weighted by Gasteiger charge is -2.31. The Morgan fingerprint density at radius 3 is 2.78 bits per heavy atom. The third kappa shape index (κ3) is 3.90. The summed E-state index contributed by atoms with van der Waals surface area (Å²) in [5.41, 5.74) is 1.76. The van der Waals surface area contributed by atoms with Gasteiger partial charge in [0.2, 0.25) is 5.91 Å². The number of piperidine rings is 1. The number of likely N-dealkylation sites (tertiary alicyclic amines) is 1. The Hall–Kier alpha value is -2.21. The number of benzene rings is 1. The maximum absolute atomic E-state index is 12.7. The fourth-order valence-electron chi connectivity index (χ4n) is 3.82. The number of nitrogens with zero attached hydrogens (tertiary/aromatic N) is 2. The van der Waals surface area contributed by atoms with Gasteiger partial charge in [-0.2, -0.15) is 0 Å². The van der Waals surface area contributed by atoms with Crippen LogP contribution in [0, 0.1) is 5.92 Å². The SMILES string of the molecule is C[C@@H]1CCCN(C(=O)c2ccc([C@H]3SCC(=O)N3Cc3ccco3)cc2)C1. The van der Waals surface area contributed by atoms with E-state index < -0.39 is 0 Å². The molecule has 2 fully saturated rings. The van der Waals surface area contributed by atoms with Crippen molar-refractivity contribution in [3.63, 3.8) is 0 Å². The number of hydrogen-bond donors (Lipinski definition) is 0. The van der Waals surface area contributed by atoms with Crippen LogP contribution in [0.5, 0.6) is 0 Å². The number of hydrogen-bond acceptors (Lipinski definition) is 4. The molecule has 0 N–H and O–H groups in total. The topological polar surface area (TPSA) is 53.8 Å². The van der Waals surface area contributed by atoms with Crippen LogP contribution < -0.4 is 0 Å². The second-order valence-corrected chi connectivity index (χ2v) is 8.45. The minimum absolute atomic E-state index is 0.0400. The minimum atomic E-state index is -0.0400. The number of thioether (sulfide) groups is 1. The molecule has 3 heterocycles. The molecule has 5 nitrogen and oxygen atoms in total. The molecule has 0 aliphatic carbocycles. The lowest BCUT2D eigenvalue weighted by Crippen LogP contribution is -2.39. The molecule has 2 aliphatic heterocycles. The number of carbonyl (C=O) groups excluding carboxylic acids is 2. The summed E-state index contributed by atoms with van der Waals surface area (Å²) >= 11 is 1.62. The van der Waals surface area contributed by atoms with Gasteiger partial charge >= 0.3 is 0 Å². The van der Waals surface area contributed by atoms with Crippen LogP contribution in [0.3, 0.4) is 0 Å². The van der Waals surface area contributed by atoms with Gasteiger partial charge < -0.3 is 14.2 Å². The first-order valence-corrected chi connectivity index (χ1v) is 10.5. The van der Waals surface area contributed by atoms with Crippen molar-refractivity contribution < 1.29 is 14.0 Å². The third-order valence-corrected chi connectivity index (χ3v) is 6.52. The zero-order valence-electron chi connectivity index (χ0n) is 15.5. The summed E-state index contributed by atoms with van der Waals surface area (Å²) in [6.07, 6.45) is 3.90. The molecule has 0 unspecified atom stereocenters. The molecular formula is C21H24N2O3S. The molecule has 0 spiro atoms. The van der Waals surface area contributed by atoms with Crippen LogP contribution in [0.25, 0.3) is 0 Å². The predicted octanol–water partition coefficient (Wildman–Crippen LogP) is 3.93. The van der Waals surface area contributed by atoms with Gasteiger partial charge in [0, 0.05) is 18.7 Å². The van der Waals surface area contributed by atoms with Crippen LogP contribution in [0.4, 0.5) is 0 Å². The molecule has 1 aromatic heterocycles. The van der Waals surface area contributed by atoms with Gasteiger partial charge in [0.1, 0.15) is 11.1 Å². The molecule has 0 bridgehead atoms. The molecule has 6 heteroatoms. The second-order valence-electron chi connectivity index (χ2n) is 7.38. The summed E-state index contributed by atoms with van der Waals surface area (Å²) < 4.78 is 5.40. The van der Waals surface area contributed by atoms with Crippen molar-refractivity contribution >= 4 is 23.6 Å². The van der Waals surface area contributed by atoms with Crippen molar-refractivity contribution in [3.8, 4) is 0 Å². The van der Waals surface area contributed by atoms with Crippen molar-refractivity contribution in [1.29, 1.82) is 0 Å². The second kappa shape index (κ2) is 7.80. The average molecular weight is 385 g/mol. The van der Waals surface area contributed by atoms with E-state index in [2.05, 4.69) is 6.92 Å². The van der Waals surface area contributed by atoms with Crippen molar-refractivity contribution in [2.75, 3.05) is 18.8 Å². The molecule has 2 aliphatic rings. The maximum atomic E-state index is 12.7. The fraction of sp³-hybridized carbons (Fsp3) is 0.429. The van der Waals surface area contributed by atoms with E-state index in [-0.39, 0.29) is 17.2 Å². The predicted molar refractivity (Wildman–Crippen MR) is 105 cm³/mol. The van der Waals surface area contributed by atoms with Crippen LogP contribution in [-0.2, 0) is 11.3 Å². The zero-order valence-corrected chi connectivity index (χ0v) is 16.3. The molecule has 1 aromatic carbocycles. The number of furan rings is 1. The molecule has 2 aromatic rings. The van der Waals surface area contributed by atoms with Gasteiger partial charge in [-0.25, -0.2) is 0 Å². The fourth-order valence-corrected chi connectivity index (χ4v) is 5.01. The van der Waals surface area contributed by atoms with E-state index in [0.717, 1.165) is 36.4 Å². The third-order valence-electron chi connectivity index (χ3n) is 5.26. The van der Waals surface area contributed by atoms with Gasteiger partial charge in [0.25, 0.3) is 5.91 Å². The van der Waals surface area contributed by atoms with Crippen LogP contribution in [-0.4, -0.2) is 40.5 Å². The first-order valence-electron chi connectivity index (χ1n) is 9.44. The number of carbonyl (C=O) groups is 2. The highest BCUT2D eigenvalue weighted by molar-refractivity contribution is 8.00. The Kier molecular flexibility index (Phi) is 5.25. The highest BCUT2D eigenvalue weighted by Crippen LogP contribution is 2.39. The zero-order chi connectivity index (χ0) is 18.8. The molecular weight excluding hydrogens is 360 g/mol. The molecule has 4 rings (SSSR count). The summed E-state index contributed by atoms with van der Waals surface area (Å²) in [5, 5.41) is -0.0400. The molecule has 2 atom stereocenters. The first kappa shape index (κ1) is 18.2. The van der Waals surface area contributed by atoms with Gasteiger partial charge in [0.05, 0.1) is 18.6 Å². The van der Waals surface area contributed by atoms with E-state index in [0.29, 0.717) is 18.2 Å². The quantitative estimate of drug-likeness (QED) is 0.802. The van der Waals surface area contributed by atoms with Crippen LogP contribution >= 0.6 is 11.8 Å². The molecule has 2 saturated heterocycles. The monoisotopic (exact) mass is 384 g/mol. The summed E-state index contributed by atoms with van der Waals surface area (Å²) in [4.78, 5) is 28.8. The van der Waals surface area contributed by atoms with Crippen LogP contribution in [0.15, 0.2) is 47.1 Å². The smallest absolute Gasteiger partial charge is 0.253 e. The van der Waals surface area contributed by atoms with Gasteiger partial charge in [-0.3, -0.25) is 9.59 Å². The number of rotatable bonds is 4. The Labute approximate surface area is 163 Å². The van der Waals surface area contributed by atoms with Gasteiger partial charge in [-0.15, -0.1) is 11.8 Å². The van der Waals surface area contributed by atoms with E-state index in [1.54, 1.807) is 18.0 Å². The van der Waals surface area contributed by atoms with Gasteiger partial charge in [0.15, 0.2) is 0 Å². The van der Waals surface area contributed by atoms with E-state index in [9.17, 15) is 9.59 Å². The van der Waals surface area contributed by atoms with Crippen molar-refractivity contribution in [2.24, 2.45) is 5.92 Å². The Bertz CT molecular complexity index is 803. The van der Waals surface area contributed by atoms with E-state index in [1.165, 1.54) is 6.42 Å². The average Bonchev–Trinajstić information content (AvgIpc) is 3.32. The molecule has 0 radical (unpaired) electrons. The molecule has 0 saturated carbocycles. The van der Waals surface area contributed by atoms with Crippen molar-refractivity contribution in [1.82, 2.24) is 9.80 Å². The first-order chi connectivity index (χ1) is 13.1. The van der Waals surface area contributed by atoms with E-state index >= 15 is 0 Å². The van der Waals surface area contributed by atoms with E-state index in [4.69, 9.17) is 4.42 Å². The van der Waals surface area contributed by atoms with Crippen molar-refractivity contribution in [3.05, 3.63) is 59.5 Å². The molecule has 2 amide bonds. The Morgan fingerprint density at radius 2 is 2.07 bits per heavy atom. The normalized spacial score (nSPS) is 23.1. The van der Waals surface area contributed by atoms with Gasteiger partial charge in [-0.05, 0) is 48.6 Å². The van der Waals surface area contributed by atoms with Crippen molar-refractivity contribution in [2.45, 2.75) is 31.7 Å². The number of amides is 2. The van der Waals surface area contributed by atoms with Gasteiger partial charge in [-0.1, -0.05) is 19.1 Å². The summed E-state index contributed by atoms with van der Waals surface area (Å²) in [7, 11) is 0. The highest BCUT2D eigenvalue weighted by atomic mass is 32.2. The Balaban J connectivity index is 1.48. The summed E-state index contributed by atoms with van der Waals surface area (Å²) in [6, 6.07) is 11.5. The highest BCUT2D eigenvalue weighted by Gasteiger charge is 2.33. The minimum Gasteiger partial charge on any atom is -0.467 e. The van der Waals surface area contributed by atoms with Crippen LogP contribution in [0.1, 0.15) is 46.8 Å². The summed E-state index contributed by atoms with van der Waals surface area (Å²) in [5.74, 6) is 2.04. The lowest BCUT2D eigenvalue weighted by atomic mass is 9.99. The lowest BCUT2D eigenvalue weighted by molar-refractivity contribution is -0.128. The molecule has 142 valence electrons. The van der Waals surface area contributed by atoms with E-state index in [1.807, 2.05) is 46.2 Å². The largest absolute Gasteiger partial charge is 0.467 e. The maximum Gasteiger partial charge on any atom is 0.253 e. The summed E-state index contributed by atoms with van der Waals surface area (Å²) in [6.45, 7) is 4.35. The Morgan fingerprint density at radius 1 is 1.26 bits per heavy atom. The van der Waals surface area contributed by atoms with Crippen LogP contribution in [0.2, 0.25) is 0 Å².